The van der Waals surface area contributed by atoms with Gasteiger partial charge in [-0.2, -0.15) is 0 Å². The number of carbonyl (C=O) groups is 2. The van der Waals surface area contributed by atoms with Crippen molar-refractivity contribution in [1.82, 2.24) is 4.90 Å². The van der Waals surface area contributed by atoms with Gasteiger partial charge in [0.1, 0.15) is 0 Å². The number of nitrogens with zero attached hydrogens (tertiary/aromatic N) is 1. The third kappa shape index (κ3) is 29.9. The molecule has 1 saturated heterocycles. The molecule has 4 atom stereocenters. The molecule has 7 heteroatoms. The lowest BCUT2D eigenvalue weighted by molar-refractivity contribution is -0.180. The second-order valence-corrected chi connectivity index (χ2v) is 17.8. The number of hydrogen-bond acceptors (Lipinski definition) is 7. The van der Waals surface area contributed by atoms with Crippen molar-refractivity contribution in [2.75, 3.05) is 40.5 Å². The SMILES string of the molecule is CCCCCC(CCCC)CCOC(=O)CCCCCCCCCC1(CCCCCCCCCC(=O)OCCC(CCC)CCCC)OCC(CCN(C)C)O1. The molecule has 0 saturated carbocycles. The normalized spacial score (nSPS) is 18.1. The molecule has 4 unspecified atom stereocenters. The van der Waals surface area contributed by atoms with Crippen LogP contribution >= 0.6 is 0 Å². The van der Waals surface area contributed by atoms with E-state index in [1.807, 2.05) is 0 Å². The molecule has 7 nitrogen and oxygen atoms in total. The molecule has 0 radical (unpaired) electrons. The number of hydrogen-bond donors (Lipinski definition) is 0. The first-order valence-corrected chi connectivity index (χ1v) is 24.5. The molecule has 1 rings (SSSR count). The van der Waals surface area contributed by atoms with Gasteiger partial charge in [-0.3, -0.25) is 9.59 Å². The fourth-order valence-corrected chi connectivity index (χ4v) is 8.41. The van der Waals surface area contributed by atoms with E-state index >= 15 is 0 Å². The monoisotopic (exact) mass is 794 g/mol. The molecule has 56 heavy (non-hydrogen) atoms. The summed E-state index contributed by atoms with van der Waals surface area (Å²) in [5, 5.41) is 0. The van der Waals surface area contributed by atoms with Crippen LogP contribution in [-0.2, 0) is 28.5 Å². The zero-order valence-electron chi connectivity index (χ0n) is 38.3. The van der Waals surface area contributed by atoms with Gasteiger partial charge < -0.3 is 23.8 Å². The highest BCUT2D eigenvalue weighted by molar-refractivity contribution is 5.69. The van der Waals surface area contributed by atoms with Crippen molar-refractivity contribution in [3.63, 3.8) is 0 Å². The lowest BCUT2D eigenvalue weighted by atomic mass is 9.93. The van der Waals surface area contributed by atoms with E-state index in [1.165, 1.54) is 128 Å². The average molecular weight is 794 g/mol. The number of esters is 2. The molecular formula is C49H95NO6. The van der Waals surface area contributed by atoms with Crippen LogP contribution in [0.1, 0.15) is 240 Å². The van der Waals surface area contributed by atoms with Crippen molar-refractivity contribution in [2.45, 2.75) is 251 Å². The predicted octanol–water partition coefficient (Wildman–Crippen LogP) is 13.9. The molecule has 1 aliphatic rings. The Morgan fingerprint density at radius 3 is 1.46 bits per heavy atom. The Morgan fingerprint density at radius 1 is 0.554 bits per heavy atom. The fourth-order valence-electron chi connectivity index (χ4n) is 8.41. The standard InChI is InChI=1S/C49H95NO6/c1-7-11-24-32-45(31-13-9-3)37-42-54-48(52)34-26-21-17-15-19-23-28-39-49(55-43-46(56-49)35-40-50(5)6)38-27-22-18-14-16-20-25-33-47(51)53-41-36-44(29-10-4)30-12-8-2/h44-46H,7-43H2,1-6H3. The molecule has 332 valence electrons. The lowest BCUT2D eigenvalue weighted by Crippen LogP contribution is -2.31. The summed E-state index contributed by atoms with van der Waals surface area (Å²) in [6.07, 6.45) is 37.7. The second-order valence-electron chi connectivity index (χ2n) is 17.8. The smallest absolute Gasteiger partial charge is 0.305 e. The van der Waals surface area contributed by atoms with Crippen LogP contribution in [-0.4, -0.2) is 69.2 Å². The highest BCUT2D eigenvalue weighted by atomic mass is 16.7. The first-order chi connectivity index (χ1) is 27.3. The Balaban J connectivity index is 2.21. The minimum absolute atomic E-state index is 0.00328. The average Bonchev–Trinajstić information content (AvgIpc) is 3.59. The van der Waals surface area contributed by atoms with E-state index in [-0.39, 0.29) is 18.0 Å². The van der Waals surface area contributed by atoms with Crippen LogP contribution in [0.15, 0.2) is 0 Å². The molecule has 1 aliphatic heterocycles. The van der Waals surface area contributed by atoms with Crippen molar-refractivity contribution in [1.29, 1.82) is 0 Å². The summed E-state index contributed by atoms with van der Waals surface area (Å²) < 4.78 is 24.3. The van der Waals surface area contributed by atoms with Gasteiger partial charge in [0.15, 0.2) is 5.79 Å². The molecule has 0 aliphatic carbocycles. The molecular weight excluding hydrogens is 699 g/mol. The van der Waals surface area contributed by atoms with E-state index in [0.29, 0.717) is 37.9 Å². The summed E-state index contributed by atoms with van der Waals surface area (Å²) in [5.41, 5.74) is 0. The largest absolute Gasteiger partial charge is 0.466 e. The molecule has 0 aromatic heterocycles. The minimum atomic E-state index is -0.407. The van der Waals surface area contributed by atoms with Gasteiger partial charge in [-0.1, -0.05) is 169 Å². The third-order valence-corrected chi connectivity index (χ3v) is 12.1. The second kappa shape index (κ2) is 36.9. The van der Waals surface area contributed by atoms with E-state index < -0.39 is 5.79 Å². The third-order valence-electron chi connectivity index (χ3n) is 12.1. The minimum Gasteiger partial charge on any atom is -0.466 e. The number of unbranched alkanes of at least 4 members (excludes halogenated alkanes) is 16. The van der Waals surface area contributed by atoms with E-state index in [1.54, 1.807) is 0 Å². The van der Waals surface area contributed by atoms with Gasteiger partial charge in [0.25, 0.3) is 0 Å². The van der Waals surface area contributed by atoms with Crippen molar-refractivity contribution in [2.24, 2.45) is 11.8 Å². The Morgan fingerprint density at radius 2 is 1.00 bits per heavy atom. The molecule has 0 aromatic carbocycles. The molecule has 0 N–H and O–H groups in total. The van der Waals surface area contributed by atoms with Crippen molar-refractivity contribution in [3.8, 4) is 0 Å². The van der Waals surface area contributed by atoms with Gasteiger partial charge in [-0.15, -0.1) is 0 Å². The number of carbonyl (C=O) groups excluding carboxylic acids is 2. The van der Waals surface area contributed by atoms with Crippen LogP contribution in [0.2, 0.25) is 0 Å². The van der Waals surface area contributed by atoms with Crippen LogP contribution in [0.3, 0.4) is 0 Å². The maximum atomic E-state index is 12.3. The van der Waals surface area contributed by atoms with Crippen LogP contribution in [0.4, 0.5) is 0 Å². The van der Waals surface area contributed by atoms with E-state index in [4.69, 9.17) is 18.9 Å². The summed E-state index contributed by atoms with van der Waals surface area (Å²) in [5.74, 6) is 1.00. The Hall–Kier alpha value is -1.18. The molecule has 1 heterocycles. The summed E-state index contributed by atoms with van der Waals surface area (Å²) >= 11 is 0. The summed E-state index contributed by atoms with van der Waals surface area (Å²) in [4.78, 5) is 26.8. The fraction of sp³-hybridized carbons (Fsp3) is 0.959. The Bertz CT molecular complexity index is 898. The first kappa shape index (κ1) is 52.8. The van der Waals surface area contributed by atoms with Gasteiger partial charge in [0, 0.05) is 32.2 Å². The zero-order valence-corrected chi connectivity index (χ0v) is 38.3. The first-order valence-electron chi connectivity index (χ1n) is 24.5. The predicted molar refractivity (Wildman–Crippen MR) is 236 cm³/mol. The quantitative estimate of drug-likeness (QED) is 0.0451. The molecule has 0 bridgehead atoms. The van der Waals surface area contributed by atoms with E-state index in [0.717, 1.165) is 83.8 Å². The van der Waals surface area contributed by atoms with E-state index in [9.17, 15) is 9.59 Å². The number of rotatable bonds is 41. The van der Waals surface area contributed by atoms with Crippen LogP contribution in [0.5, 0.6) is 0 Å². The van der Waals surface area contributed by atoms with Gasteiger partial charge in [-0.25, -0.2) is 0 Å². The van der Waals surface area contributed by atoms with Gasteiger partial charge in [0.05, 0.1) is 25.9 Å². The Labute approximate surface area is 348 Å². The van der Waals surface area contributed by atoms with Crippen LogP contribution in [0, 0.1) is 11.8 Å². The van der Waals surface area contributed by atoms with Crippen molar-refractivity contribution < 1.29 is 28.5 Å². The van der Waals surface area contributed by atoms with Gasteiger partial charge >= 0.3 is 11.9 Å². The summed E-state index contributed by atoms with van der Waals surface area (Å²) in [6, 6.07) is 0. The highest BCUT2D eigenvalue weighted by Crippen LogP contribution is 2.36. The topological polar surface area (TPSA) is 74.3 Å². The maximum absolute atomic E-state index is 12.3. The zero-order chi connectivity index (χ0) is 41.0. The molecule has 0 amide bonds. The number of ether oxygens (including phenoxy) is 4. The molecule has 0 aromatic rings. The molecule has 0 spiro atoms. The molecule has 1 fully saturated rings. The summed E-state index contributed by atoms with van der Waals surface area (Å²) in [7, 11) is 4.25. The van der Waals surface area contributed by atoms with Crippen molar-refractivity contribution in [3.05, 3.63) is 0 Å². The van der Waals surface area contributed by atoms with Crippen molar-refractivity contribution >= 4 is 11.9 Å². The van der Waals surface area contributed by atoms with Gasteiger partial charge in [0.2, 0.25) is 0 Å². The van der Waals surface area contributed by atoms with E-state index in [2.05, 4.69) is 46.7 Å². The van der Waals surface area contributed by atoms with Gasteiger partial charge in [-0.05, 0) is 70.9 Å². The lowest BCUT2D eigenvalue weighted by Gasteiger charge is -2.29. The van der Waals surface area contributed by atoms with Crippen LogP contribution in [0.25, 0.3) is 0 Å². The van der Waals surface area contributed by atoms with Crippen LogP contribution < -0.4 is 0 Å². The highest BCUT2D eigenvalue weighted by Gasteiger charge is 2.40. The summed E-state index contributed by atoms with van der Waals surface area (Å²) in [6.45, 7) is 12.0. The Kier molecular flexibility index (Phi) is 34.8. The maximum Gasteiger partial charge on any atom is 0.305 e.